The second kappa shape index (κ2) is 5.58. The predicted octanol–water partition coefficient (Wildman–Crippen LogP) is 3.10. The lowest BCUT2D eigenvalue weighted by Gasteiger charge is -2.18. The van der Waals surface area contributed by atoms with E-state index in [9.17, 15) is 4.79 Å². The molecule has 2 atom stereocenters. The lowest BCUT2D eigenvalue weighted by molar-refractivity contribution is -0.126. The fraction of sp³-hybridized carbons (Fsp3) is 0.500. The van der Waals surface area contributed by atoms with Gasteiger partial charge in [0.15, 0.2) is 0 Å². The van der Waals surface area contributed by atoms with Gasteiger partial charge in [-0.1, -0.05) is 37.3 Å². The third-order valence-electron chi connectivity index (χ3n) is 3.25. The van der Waals surface area contributed by atoms with E-state index in [1.165, 1.54) is 5.56 Å². The van der Waals surface area contributed by atoms with E-state index in [-0.39, 0.29) is 5.25 Å². The van der Waals surface area contributed by atoms with Crippen molar-refractivity contribution in [1.29, 1.82) is 0 Å². The molecule has 1 fully saturated rings. The van der Waals surface area contributed by atoms with E-state index in [0.29, 0.717) is 11.2 Å². The van der Waals surface area contributed by atoms with Crippen molar-refractivity contribution in [2.24, 2.45) is 0 Å². The first-order chi connectivity index (χ1) is 8.22. The third kappa shape index (κ3) is 2.83. The van der Waals surface area contributed by atoms with Crippen molar-refractivity contribution >= 4 is 17.7 Å². The van der Waals surface area contributed by atoms with Gasteiger partial charge < -0.3 is 4.90 Å². The summed E-state index contributed by atoms with van der Waals surface area (Å²) in [6.07, 6.45) is 2.06. The predicted molar refractivity (Wildman–Crippen MR) is 73.1 cm³/mol. The lowest BCUT2D eigenvalue weighted by Crippen LogP contribution is -2.24. The molecule has 1 aromatic rings. The zero-order valence-electron chi connectivity index (χ0n) is 10.4. The molecule has 0 bridgehead atoms. The first-order valence-electron chi connectivity index (χ1n) is 6.17. The van der Waals surface area contributed by atoms with Crippen molar-refractivity contribution in [1.82, 2.24) is 4.90 Å². The van der Waals surface area contributed by atoms with Crippen LogP contribution < -0.4 is 0 Å². The summed E-state index contributed by atoms with van der Waals surface area (Å²) in [4.78, 5) is 13.7. The van der Waals surface area contributed by atoms with Gasteiger partial charge in [-0.3, -0.25) is 4.79 Å². The molecule has 0 aromatic heterocycles. The molecule has 17 heavy (non-hydrogen) atoms. The molecule has 92 valence electrons. The van der Waals surface area contributed by atoms with Gasteiger partial charge in [-0.2, -0.15) is 0 Å². The van der Waals surface area contributed by atoms with E-state index in [4.69, 9.17) is 0 Å². The molecule has 0 spiro atoms. The maximum absolute atomic E-state index is 11.9. The summed E-state index contributed by atoms with van der Waals surface area (Å²) in [6.45, 7) is 3.09. The molecule has 1 aromatic carbocycles. The topological polar surface area (TPSA) is 20.3 Å². The molecular formula is C14H19NOS. The first-order valence-corrected chi connectivity index (χ1v) is 7.12. The van der Waals surface area contributed by atoms with E-state index in [1.807, 2.05) is 29.8 Å². The van der Waals surface area contributed by atoms with E-state index in [1.54, 1.807) is 0 Å². The van der Waals surface area contributed by atoms with Crippen molar-refractivity contribution in [2.75, 3.05) is 13.6 Å². The van der Waals surface area contributed by atoms with Gasteiger partial charge in [0.1, 0.15) is 0 Å². The number of rotatable bonds is 4. The maximum Gasteiger partial charge on any atom is 0.235 e. The van der Waals surface area contributed by atoms with Crippen molar-refractivity contribution < 1.29 is 4.79 Å². The molecule has 2 nitrogen and oxygen atoms in total. The minimum Gasteiger partial charge on any atom is -0.345 e. The third-order valence-corrected chi connectivity index (χ3v) is 4.95. The normalized spacial score (nSPS) is 21.9. The average Bonchev–Trinajstić information content (AvgIpc) is 2.68. The lowest BCUT2D eigenvalue weighted by atomic mass is 10.1. The number of hydrogen-bond donors (Lipinski definition) is 0. The van der Waals surface area contributed by atoms with Crippen LogP contribution in [0.15, 0.2) is 30.3 Å². The average molecular weight is 249 g/mol. The second-order valence-electron chi connectivity index (χ2n) is 4.48. The molecule has 0 aliphatic carbocycles. The Morgan fingerprint density at radius 1 is 1.41 bits per heavy atom. The number of thioether (sulfide) groups is 1. The Morgan fingerprint density at radius 2 is 2.12 bits per heavy atom. The van der Waals surface area contributed by atoms with Gasteiger partial charge in [-0.05, 0) is 18.4 Å². The quantitative estimate of drug-likeness (QED) is 0.817. The van der Waals surface area contributed by atoms with Gasteiger partial charge >= 0.3 is 0 Å². The van der Waals surface area contributed by atoms with Gasteiger partial charge in [-0.15, -0.1) is 11.8 Å². The van der Waals surface area contributed by atoms with Crippen LogP contribution in [0.25, 0.3) is 0 Å². The standard InChI is InChI=1S/C14H19NOS/c1-3-12(11-7-5-4-6-8-11)17-13-9-10-15(2)14(13)16/h4-8,12-13H,3,9-10H2,1-2H3. The van der Waals surface area contributed by atoms with Crippen LogP contribution in [-0.4, -0.2) is 29.6 Å². The highest BCUT2D eigenvalue weighted by molar-refractivity contribution is 8.00. The van der Waals surface area contributed by atoms with E-state index in [2.05, 4.69) is 31.2 Å². The summed E-state index contributed by atoms with van der Waals surface area (Å²) in [5.41, 5.74) is 1.34. The summed E-state index contributed by atoms with van der Waals surface area (Å²) < 4.78 is 0. The largest absolute Gasteiger partial charge is 0.345 e. The van der Waals surface area contributed by atoms with Crippen LogP contribution in [0.1, 0.15) is 30.6 Å². The van der Waals surface area contributed by atoms with E-state index >= 15 is 0 Å². The van der Waals surface area contributed by atoms with Crippen LogP contribution in [0, 0.1) is 0 Å². The molecule has 0 radical (unpaired) electrons. The molecule has 2 rings (SSSR count). The first kappa shape index (κ1) is 12.5. The number of hydrogen-bond acceptors (Lipinski definition) is 2. The van der Waals surface area contributed by atoms with E-state index in [0.717, 1.165) is 19.4 Å². The minimum absolute atomic E-state index is 0.158. The number of carbonyl (C=O) groups excluding carboxylic acids is 1. The van der Waals surface area contributed by atoms with Crippen LogP contribution >= 0.6 is 11.8 Å². The molecular weight excluding hydrogens is 230 g/mol. The van der Waals surface area contributed by atoms with Gasteiger partial charge in [0.05, 0.1) is 5.25 Å². The van der Waals surface area contributed by atoms with Gasteiger partial charge in [-0.25, -0.2) is 0 Å². The molecule has 1 aliphatic heterocycles. The molecule has 1 aliphatic rings. The fourth-order valence-corrected chi connectivity index (χ4v) is 3.63. The molecule has 1 amide bonds. The highest BCUT2D eigenvalue weighted by atomic mass is 32.2. The summed E-state index contributed by atoms with van der Waals surface area (Å²) >= 11 is 1.83. The van der Waals surface area contributed by atoms with Crippen LogP contribution in [0.2, 0.25) is 0 Å². The Labute approximate surface area is 107 Å². The van der Waals surface area contributed by atoms with Crippen LogP contribution in [0.3, 0.4) is 0 Å². The summed E-state index contributed by atoms with van der Waals surface area (Å²) in [5, 5.41) is 0.599. The summed E-state index contributed by atoms with van der Waals surface area (Å²) in [6, 6.07) is 10.5. The Kier molecular flexibility index (Phi) is 4.11. The molecule has 2 unspecified atom stereocenters. The zero-order chi connectivity index (χ0) is 12.3. The summed E-state index contributed by atoms with van der Waals surface area (Å²) in [5.74, 6) is 0.296. The van der Waals surface area contributed by atoms with E-state index < -0.39 is 0 Å². The number of benzene rings is 1. The van der Waals surface area contributed by atoms with Crippen molar-refractivity contribution in [3.8, 4) is 0 Å². The number of amides is 1. The maximum atomic E-state index is 11.9. The Hall–Kier alpha value is -0.960. The smallest absolute Gasteiger partial charge is 0.235 e. The SMILES string of the molecule is CCC(SC1CCN(C)C1=O)c1ccccc1. The number of likely N-dealkylation sites (tertiary alicyclic amines) is 1. The summed E-state index contributed by atoms with van der Waals surface area (Å²) in [7, 11) is 1.90. The van der Waals surface area contributed by atoms with Crippen molar-refractivity contribution in [3.05, 3.63) is 35.9 Å². The highest BCUT2D eigenvalue weighted by Crippen LogP contribution is 2.38. The monoisotopic (exact) mass is 249 g/mol. The number of carbonyl (C=O) groups is 1. The zero-order valence-corrected chi connectivity index (χ0v) is 11.2. The second-order valence-corrected chi connectivity index (χ2v) is 5.89. The molecule has 3 heteroatoms. The Bertz CT molecular complexity index is 379. The van der Waals surface area contributed by atoms with Crippen LogP contribution in [0.4, 0.5) is 0 Å². The Balaban J connectivity index is 2.04. The minimum atomic E-state index is 0.158. The van der Waals surface area contributed by atoms with Gasteiger partial charge in [0.2, 0.25) is 5.91 Å². The Morgan fingerprint density at radius 3 is 2.65 bits per heavy atom. The molecule has 0 saturated carbocycles. The highest BCUT2D eigenvalue weighted by Gasteiger charge is 2.31. The van der Waals surface area contributed by atoms with Gasteiger partial charge in [0, 0.05) is 18.8 Å². The van der Waals surface area contributed by atoms with Crippen LogP contribution in [-0.2, 0) is 4.79 Å². The van der Waals surface area contributed by atoms with Crippen molar-refractivity contribution in [2.45, 2.75) is 30.3 Å². The fourth-order valence-electron chi connectivity index (χ4n) is 2.19. The number of nitrogens with zero attached hydrogens (tertiary/aromatic N) is 1. The van der Waals surface area contributed by atoms with Crippen LogP contribution in [0.5, 0.6) is 0 Å². The van der Waals surface area contributed by atoms with Crippen molar-refractivity contribution in [3.63, 3.8) is 0 Å². The molecule has 1 saturated heterocycles. The van der Waals surface area contributed by atoms with Gasteiger partial charge in [0.25, 0.3) is 0 Å². The molecule has 0 N–H and O–H groups in total. The molecule has 1 heterocycles.